The lowest BCUT2D eigenvalue weighted by Crippen LogP contribution is -2.61. The van der Waals surface area contributed by atoms with E-state index in [-0.39, 0.29) is 11.5 Å². The Bertz CT molecular complexity index is 831. The standard InChI is InChI=1S/C24H30N2O3/c1-19-23(27)26(21-9-4-3-5-10-21)18-24(29-19)13-16-25(17-14-24)15-12-20-8-6-7-11-22(20)28-2/h3-11,19H,12-18H2,1-2H3. The van der Waals surface area contributed by atoms with Crippen molar-refractivity contribution in [1.82, 2.24) is 4.90 Å². The zero-order valence-corrected chi connectivity index (χ0v) is 17.3. The maximum absolute atomic E-state index is 12.7. The van der Waals surface area contributed by atoms with Crippen LogP contribution in [0.25, 0.3) is 0 Å². The van der Waals surface area contributed by atoms with Crippen molar-refractivity contribution in [3.05, 3.63) is 60.2 Å². The fourth-order valence-corrected chi connectivity index (χ4v) is 4.52. The third-order valence-electron chi connectivity index (χ3n) is 6.21. The van der Waals surface area contributed by atoms with Crippen LogP contribution in [0.15, 0.2) is 54.6 Å². The van der Waals surface area contributed by atoms with Gasteiger partial charge in [0.25, 0.3) is 5.91 Å². The van der Waals surface area contributed by atoms with Crippen LogP contribution in [-0.4, -0.2) is 55.8 Å². The smallest absolute Gasteiger partial charge is 0.255 e. The second kappa shape index (κ2) is 8.56. The first-order chi connectivity index (χ1) is 14.1. The SMILES string of the molecule is COc1ccccc1CCN1CCC2(CC1)CN(c1ccccc1)C(=O)C(C)O2. The molecule has 0 aliphatic carbocycles. The number of anilines is 1. The van der Waals surface area contributed by atoms with Crippen molar-refractivity contribution in [3.63, 3.8) is 0 Å². The number of methoxy groups -OCH3 is 1. The molecule has 0 radical (unpaired) electrons. The van der Waals surface area contributed by atoms with Crippen molar-refractivity contribution < 1.29 is 14.3 Å². The van der Waals surface area contributed by atoms with Gasteiger partial charge < -0.3 is 19.3 Å². The molecule has 2 heterocycles. The Labute approximate surface area is 173 Å². The number of benzene rings is 2. The van der Waals surface area contributed by atoms with Gasteiger partial charge in [0.05, 0.1) is 19.3 Å². The quantitative estimate of drug-likeness (QED) is 0.778. The Hall–Kier alpha value is -2.37. The van der Waals surface area contributed by atoms with Crippen LogP contribution in [0.1, 0.15) is 25.3 Å². The first kappa shape index (κ1) is 19.9. The van der Waals surface area contributed by atoms with Crippen LogP contribution in [0.3, 0.4) is 0 Å². The molecule has 29 heavy (non-hydrogen) atoms. The normalized spacial score (nSPS) is 22.1. The number of carbonyl (C=O) groups excluding carboxylic acids is 1. The fourth-order valence-electron chi connectivity index (χ4n) is 4.52. The maximum Gasteiger partial charge on any atom is 0.255 e. The van der Waals surface area contributed by atoms with Crippen molar-refractivity contribution in [2.45, 2.75) is 37.9 Å². The minimum Gasteiger partial charge on any atom is -0.496 e. The lowest BCUT2D eigenvalue weighted by molar-refractivity contribution is -0.161. The topological polar surface area (TPSA) is 42.0 Å². The molecule has 5 heteroatoms. The molecule has 0 saturated carbocycles. The summed E-state index contributed by atoms with van der Waals surface area (Å²) >= 11 is 0. The highest BCUT2D eigenvalue weighted by atomic mass is 16.5. The van der Waals surface area contributed by atoms with Gasteiger partial charge in [-0.25, -0.2) is 0 Å². The van der Waals surface area contributed by atoms with E-state index in [1.807, 2.05) is 54.3 Å². The summed E-state index contributed by atoms with van der Waals surface area (Å²) in [6, 6.07) is 18.2. The second-order valence-corrected chi connectivity index (χ2v) is 8.11. The number of para-hydroxylation sites is 2. The van der Waals surface area contributed by atoms with E-state index in [1.54, 1.807) is 7.11 Å². The molecule has 2 saturated heterocycles. The summed E-state index contributed by atoms with van der Waals surface area (Å²) in [6.07, 6.45) is 2.46. The van der Waals surface area contributed by atoms with E-state index in [2.05, 4.69) is 17.0 Å². The minimum atomic E-state index is -0.399. The highest BCUT2D eigenvalue weighted by Crippen LogP contribution is 2.35. The molecule has 154 valence electrons. The molecule has 1 atom stereocenters. The average molecular weight is 395 g/mol. The molecule has 1 unspecified atom stereocenters. The van der Waals surface area contributed by atoms with Gasteiger partial charge in [0.2, 0.25) is 0 Å². The van der Waals surface area contributed by atoms with Gasteiger partial charge in [-0.2, -0.15) is 0 Å². The highest BCUT2D eigenvalue weighted by Gasteiger charge is 2.45. The zero-order chi connectivity index (χ0) is 20.3. The number of hydrogen-bond donors (Lipinski definition) is 0. The van der Waals surface area contributed by atoms with Crippen LogP contribution in [0.5, 0.6) is 5.75 Å². The van der Waals surface area contributed by atoms with Gasteiger partial charge in [0.15, 0.2) is 0 Å². The second-order valence-electron chi connectivity index (χ2n) is 8.11. The maximum atomic E-state index is 12.7. The van der Waals surface area contributed by atoms with E-state index in [0.29, 0.717) is 6.54 Å². The number of morpholine rings is 1. The Morgan fingerprint density at radius 2 is 1.76 bits per heavy atom. The van der Waals surface area contributed by atoms with Crippen LogP contribution in [0, 0.1) is 0 Å². The average Bonchev–Trinajstić information content (AvgIpc) is 2.77. The summed E-state index contributed by atoms with van der Waals surface area (Å²) in [5.74, 6) is 1.02. The van der Waals surface area contributed by atoms with Crippen LogP contribution in [0.2, 0.25) is 0 Å². The van der Waals surface area contributed by atoms with Gasteiger partial charge in [-0.3, -0.25) is 4.79 Å². The molecule has 4 rings (SSSR count). The zero-order valence-electron chi connectivity index (χ0n) is 17.3. The van der Waals surface area contributed by atoms with E-state index in [4.69, 9.17) is 9.47 Å². The molecular formula is C24H30N2O3. The summed E-state index contributed by atoms with van der Waals surface area (Å²) in [6.45, 7) is 5.50. The van der Waals surface area contributed by atoms with Crippen molar-refractivity contribution in [1.29, 1.82) is 0 Å². The molecule has 2 aliphatic heterocycles. The van der Waals surface area contributed by atoms with E-state index >= 15 is 0 Å². The largest absolute Gasteiger partial charge is 0.496 e. The van der Waals surface area contributed by atoms with Gasteiger partial charge in [0, 0.05) is 25.3 Å². The van der Waals surface area contributed by atoms with Crippen molar-refractivity contribution in [2.75, 3.05) is 38.2 Å². The first-order valence-electron chi connectivity index (χ1n) is 10.5. The number of amides is 1. The monoisotopic (exact) mass is 394 g/mol. The van der Waals surface area contributed by atoms with E-state index < -0.39 is 6.10 Å². The van der Waals surface area contributed by atoms with Crippen LogP contribution in [0.4, 0.5) is 5.69 Å². The van der Waals surface area contributed by atoms with Crippen molar-refractivity contribution >= 4 is 11.6 Å². The van der Waals surface area contributed by atoms with E-state index in [0.717, 1.165) is 50.3 Å². The summed E-state index contributed by atoms with van der Waals surface area (Å²) in [5, 5.41) is 0. The van der Waals surface area contributed by atoms with Crippen molar-refractivity contribution in [2.24, 2.45) is 0 Å². The summed E-state index contributed by atoms with van der Waals surface area (Å²) in [4.78, 5) is 17.1. The Morgan fingerprint density at radius 3 is 2.48 bits per heavy atom. The third kappa shape index (κ3) is 4.31. The van der Waals surface area contributed by atoms with E-state index in [1.165, 1.54) is 5.56 Å². The van der Waals surface area contributed by atoms with Gasteiger partial charge >= 0.3 is 0 Å². The number of piperidine rings is 1. The number of carbonyl (C=O) groups is 1. The summed E-state index contributed by atoms with van der Waals surface area (Å²) in [5.41, 5.74) is 1.97. The van der Waals surface area contributed by atoms with Gasteiger partial charge in [-0.1, -0.05) is 36.4 Å². The summed E-state index contributed by atoms with van der Waals surface area (Å²) < 4.78 is 11.8. The molecule has 2 aromatic carbocycles. The first-order valence-corrected chi connectivity index (χ1v) is 10.5. The van der Waals surface area contributed by atoms with Crippen molar-refractivity contribution in [3.8, 4) is 5.75 Å². The molecule has 2 aromatic rings. The lowest BCUT2D eigenvalue weighted by Gasteiger charge is -2.49. The number of hydrogen-bond acceptors (Lipinski definition) is 4. The number of likely N-dealkylation sites (tertiary alicyclic amines) is 1. The molecule has 1 spiro atoms. The molecule has 2 fully saturated rings. The highest BCUT2D eigenvalue weighted by molar-refractivity contribution is 5.97. The number of rotatable bonds is 5. The Morgan fingerprint density at radius 1 is 1.07 bits per heavy atom. The van der Waals surface area contributed by atoms with Gasteiger partial charge in [-0.15, -0.1) is 0 Å². The molecule has 2 aliphatic rings. The molecule has 5 nitrogen and oxygen atoms in total. The van der Waals surface area contributed by atoms with Crippen LogP contribution < -0.4 is 9.64 Å². The fraction of sp³-hybridized carbons (Fsp3) is 0.458. The molecular weight excluding hydrogens is 364 g/mol. The minimum absolute atomic E-state index is 0.0560. The Kier molecular flexibility index (Phi) is 5.88. The number of nitrogens with zero attached hydrogens (tertiary/aromatic N) is 2. The number of ether oxygens (including phenoxy) is 2. The summed E-state index contributed by atoms with van der Waals surface area (Å²) in [7, 11) is 1.73. The molecule has 0 aromatic heterocycles. The van der Waals surface area contributed by atoms with Crippen LogP contribution in [-0.2, 0) is 16.0 Å². The third-order valence-corrected chi connectivity index (χ3v) is 6.21. The molecule has 1 amide bonds. The predicted octanol–water partition coefficient (Wildman–Crippen LogP) is 3.52. The van der Waals surface area contributed by atoms with Crippen LogP contribution >= 0.6 is 0 Å². The van der Waals surface area contributed by atoms with Gasteiger partial charge in [-0.05, 0) is 49.9 Å². The Balaban J connectivity index is 1.38. The molecule has 0 N–H and O–H groups in total. The van der Waals surface area contributed by atoms with Gasteiger partial charge in [0.1, 0.15) is 11.9 Å². The van der Waals surface area contributed by atoms with E-state index in [9.17, 15) is 4.79 Å². The predicted molar refractivity (Wildman–Crippen MR) is 114 cm³/mol. The molecule has 0 bridgehead atoms. The lowest BCUT2D eigenvalue weighted by atomic mass is 9.88.